The van der Waals surface area contributed by atoms with E-state index in [0.717, 1.165) is 0 Å². The van der Waals surface area contributed by atoms with E-state index in [1.165, 1.54) is 0 Å². The first-order valence-electron chi connectivity index (χ1n) is 5.78. The first kappa shape index (κ1) is 14.0. The summed E-state index contributed by atoms with van der Waals surface area (Å²) in [5.41, 5.74) is 6.20. The van der Waals surface area contributed by atoms with Crippen molar-refractivity contribution in [2.75, 3.05) is 13.6 Å². The number of sulfonamides is 1. The van der Waals surface area contributed by atoms with E-state index < -0.39 is 10.0 Å². The number of nitrogens with two attached hydrogens (primary N) is 1. The third-order valence-electron chi connectivity index (χ3n) is 3.01. The van der Waals surface area contributed by atoms with Crippen LogP contribution < -0.4 is 5.73 Å². The second-order valence-electron chi connectivity index (χ2n) is 4.57. The average molecular weight is 297 g/mol. The molecule has 0 amide bonds. The number of hydrogen-bond acceptors (Lipinski definition) is 4. The molecule has 1 heterocycles. The maximum absolute atomic E-state index is 11.9. The van der Waals surface area contributed by atoms with Crippen molar-refractivity contribution in [2.45, 2.75) is 11.8 Å². The Morgan fingerprint density at radius 1 is 1.47 bits per heavy atom. The fourth-order valence-corrected chi connectivity index (χ4v) is 3.28. The van der Waals surface area contributed by atoms with Crippen molar-refractivity contribution in [2.24, 2.45) is 16.0 Å². The normalized spacial score (nSPS) is 17.5. The van der Waals surface area contributed by atoms with E-state index >= 15 is 0 Å². The van der Waals surface area contributed by atoms with Crippen LogP contribution in [0.15, 0.2) is 33.6 Å². The van der Waals surface area contributed by atoms with Crippen LogP contribution in [0, 0.1) is 5.92 Å². The van der Waals surface area contributed by atoms with E-state index in [1.54, 1.807) is 36.2 Å². The predicted octanol–water partition coefficient (Wildman–Crippen LogP) is 0.990. The first-order chi connectivity index (χ1) is 8.83. The van der Waals surface area contributed by atoms with Gasteiger partial charge in [0, 0.05) is 25.1 Å². The van der Waals surface area contributed by atoms with Crippen molar-refractivity contribution < 1.29 is 8.42 Å². The highest BCUT2D eigenvalue weighted by molar-refractivity contribution is 7.90. The Morgan fingerprint density at radius 3 is 2.74 bits per heavy atom. The molecular weight excluding hydrogens is 282 g/mol. The SMILES string of the molecule is CC(CN(C)C1=NS(=O)(=O)c2ccccc21)C(N)=S. The highest BCUT2D eigenvalue weighted by atomic mass is 32.2. The summed E-state index contributed by atoms with van der Waals surface area (Å²) in [5.74, 6) is 0.428. The van der Waals surface area contributed by atoms with Crippen LogP contribution in [-0.4, -0.2) is 37.7 Å². The molecule has 0 radical (unpaired) electrons. The van der Waals surface area contributed by atoms with Crippen LogP contribution in [0.25, 0.3) is 0 Å². The second-order valence-corrected chi connectivity index (χ2v) is 6.61. The molecule has 0 aromatic heterocycles. The molecule has 1 unspecified atom stereocenters. The lowest BCUT2D eigenvalue weighted by Crippen LogP contribution is -2.35. The van der Waals surface area contributed by atoms with E-state index in [-0.39, 0.29) is 10.8 Å². The molecule has 5 nitrogen and oxygen atoms in total. The molecule has 1 aliphatic heterocycles. The van der Waals surface area contributed by atoms with Gasteiger partial charge in [-0.25, -0.2) is 0 Å². The van der Waals surface area contributed by atoms with Gasteiger partial charge in [0.1, 0.15) is 4.90 Å². The standard InChI is InChI=1S/C12H15N3O2S2/c1-8(11(13)18)7-15(2)12-9-5-3-4-6-10(9)19(16,17)14-12/h3-6,8H,7H2,1-2H3,(H2,13,18). The molecule has 7 heteroatoms. The highest BCUT2D eigenvalue weighted by Crippen LogP contribution is 2.27. The van der Waals surface area contributed by atoms with E-state index in [9.17, 15) is 8.42 Å². The minimum Gasteiger partial charge on any atom is -0.393 e. The number of rotatable bonds is 3. The van der Waals surface area contributed by atoms with Crippen LogP contribution in [-0.2, 0) is 10.0 Å². The largest absolute Gasteiger partial charge is 0.393 e. The van der Waals surface area contributed by atoms with Gasteiger partial charge in [-0.15, -0.1) is 4.40 Å². The first-order valence-corrected chi connectivity index (χ1v) is 7.62. The maximum Gasteiger partial charge on any atom is 0.285 e. The quantitative estimate of drug-likeness (QED) is 0.842. The van der Waals surface area contributed by atoms with Crippen molar-refractivity contribution in [3.63, 3.8) is 0 Å². The molecule has 1 aromatic carbocycles. The number of nitrogens with zero attached hydrogens (tertiary/aromatic N) is 2. The monoisotopic (exact) mass is 297 g/mol. The van der Waals surface area contributed by atoms with Crippen molar-refractivity contribution in [3.8, 4) is 0 Å². The van der Waals surface area contributed by atoms with Crippen LogP contribution in [0.4, 0.5) is 0 Å². The molecule has 19 heavy (non-hydrogen) atoms. The van der Waals surface area contributed by atoms with Gasteiger partial charge in [-0.1, -0.05) is 31.3 Å². The highest BCUT2D eigenvalue weighted by Gasteiger charge is 2.30. The van der Waals surface area contributed by atoms with E-state index in [0.29, 0.717) is 22.9 Å². The molecular formula is C12H15N3O2S2. The Bertz CT molecular complexity index is 653. The average Bonchev–Trinajstić information content (AvgIpc) is 2.62. The minimum atomic E-state index is -3.57. The Labute approximate surface area is 118 Å². The molecule has 1 aromatic rings. The van der Waals surface area contributed by atoms with Crippen molar-refractivity contribution >= 4 is 33.1 Å². The van der Waals surface area contributed by atoms with Crippen molar-refractivity contribution in [3.05, 3.63) is 29.8 Å². The fourth-order valence-electron chi connectivity index (χ4n) is 1.95. The molecule has 2 N–H and O–H groups in total. The zero-order valence-corrected chi connectivity index (χ0v) is 12.3. The lowest BCUT2D eigenvalue weighted by atomic mass is 10.1. The van der Waals surface area contributed by atoms with Crippen LogP contribution in [0.5, 0.6) is 0 Å². The number of hydrogen-bond donors (Lipinski definition) is 1. The molecule has 1 atom stereocenters. The fraction of sp³-hybridized carbons (Fsp3) is 0.333. The molecule has 1 aliphatic rings. The third-order valence-corrected chi connectivity index (χ3v) is 4.73. The van der Waals surface area contributed by atoms with Crippen molar-refractivity contribution in [1.29, 1.82) is 0 Å². The summed E-state index contributed by atoms with van der Waals surface area (Å²) in [6.07, 6.45) is 0. The zero-order valence-electron chi connectivity index (χ0n) is 10.7. The van der Waals surface area contributed by atoms with Gasteiger partial charge in [0.25, 0.3) is 10.0 Å². The Morgan fingerprint density at radius 2 is 2.11 bits per heavy atom. The Kier molecular flexibility index (Phi) is 3.60. The summed E-state index contributed by atoms with van der Waals surface area (Å²) < 4.78 is 27.7. The Balaban J connectivity index is 2.35. The van der Waals surface area contributed by atoms with E-state index in [4.69, 9.17) is 18.0 Å². The van der Waals surface area contributed by atoms with Crippen LogP contribution in [0.3, 0.4) is 0 Å². The molecule has 0 saturated carbocycles. The van der Waals surface area contributed by atoms with E-state index in [2.05, 4.69) is 4.40 Å². The summed E-state index contributed by atoms with van der Waals surface area (Å²) in [5, 5.41) is 0. The maximum atomic E-state index is 11.9. The number of benzene rings is 1. The molecule has 0 saturated heterocycles. The minimum absolute atomic E-state index is 0.0156. The van der Waals surface area contributed by atoms with Gasteiger partial charge < -0.3 is 10.6 Å². The molecule has 2 rings (SSSR count). The van der Waals surface area contributed by atoms with Crippen LogP contribution >= 0.6 is 12.2 Å². The number of fused-ring (bicyclic) bond motifs is 1. The van der Waals surface area contributed by atoms with E-state index in [1.807, 2.05) is 6.92 Å². The van der Waals surface area contributed by atoms with Gasteiger partial charge >= 0.3 is 0 Å². The zero-order chi connectivity index (χ0) is 14.2. The topological polar surface area (TPSA) is 75.8 Å². The summed E-state index contributed by atoms with van der Waals surface area (Å²) >= 11 is 4.93. The molecule has 0 aliphatic carbocycles. The summed E-state index contributed by atoms with van der Waals surface area (Å²) in [6.45, 7) is 2.42. The molecule has 0 bridgehead atoms. The second kappa shape index (κ2) is 4.90. The number of amidine groups is 1. The lowest BCUT2D eigenvalue weighted by molar-refractivity contribution is 0.465. The van der Waals surface area contributed by atoms with Crippen LogP contribution in [0.2, 0.25) is 0 Å². The molecule has 0 spiro atoms. The van der Waals surface area contributed by atoms with Gasteiger partial charge in [-0.05, 0) is 12.1 Å². The number of thiocarbonyl (C=S) groups is 1. The van der Waals surface area contributed by atoms with Crippen LogP contribution in [0.1, 0.15) is 12.5 Å². The van der Waals surface area contributed by atoms with Gasteiger partial charge in [-0.3, -0.25) is 0 Å². The van der Waals surface area contributed by atoms with Crippen molar-refractivity contribution in [1.82, 2.24) is 4.90 Å². The lowest BCUT2D eigenvalue weighted by Gasteiger charge is -2.22. The predicted molar refractivity (Wildman–Crippen MR) is 78.7 cm³/mol. The van der Waals surface area contributed by atoms with Gasteiger partial charge in [-0.2, -0.15) is 8.42 Å². The summed E-state index contributed by atoms with van der Waals surface area (Å²) in [7, 11) is -1.79. The van der Waals surface area contributed by atoms with Gasteiger partial charge in [0.15, 0.2) is 5.84 Å². The molecule has 0 fully saturated rings. The summed E-state index contributed by atoms with van der Waals surface area (Å²) in [4.78, 5) is 2.43. The molecule has 102 valence electrons. The van der Waals surface area contributed by atoms with Gasteiger partial charge in [0.05, 0.1) is 4.99 Å². The third kappa shape index (κ3) is 2.62. The Hall–Kier alpha value is -1.47. The summed E-state index contributed by atoms with van der Waals surface area (Å²) in [6, 6.07) is 6.79. The van der Waals surface area contributed by atoms with Gasteiger partial charge in [0.2, 0.25) is 0 Å². The smallest absolute Gasteiger partial charge is 0.285 e.